The minimum Gasteiger partial charge on any atom is -0.493 e. The predicted octanol–water partition coefficient (Wildman–Crippen LogP) is 2.52. The van der Waals surface area contributed by atoms with Gasteiger partial charge in [0, 0.05) is 16.5 Å². The number of halogens is 2. The zero-order chi connectivity index (χ0) is 10.7. The van der Waals surface area contributed by atoms with E-state index in [0.717, 1.165) is 0 Å². The first-order valence-corrected chi connectivity index (χ1v) is 5.04. The third-order valence-corrected chi connectivity index (χ3v) is 2.26. The summed E-state index contributed by atoms with van der Waals surface area (Å²) in [4.78, 5) is 0. The quantitative estimate of drug-likeness (QED) is 0.907. The first-order chi connectivity index (χ1) is 6.54. The first kappa shape index (κ1) is 11.5. The standard InChI is InChI=1S/C10H12BrFO2/c1-6(13)3-7-4-8(11)5-9(12)10(7)14-2/h4-6,13H,3H2,1-2H3/t6-/m0/s1. The number of rotatable bonds is 3. The molecule has 0 saturated heterocycles. The fourth-order valence-electron chi connectivity index (χ4n) is 1.31. The lowest BCUT2D eigenvalue weighted by Crippen LogP contribution is -2.06. The van der Waals surface area contributed by atoms with Crippen molar-refractivity contribution >= 4 is 15.9 Å². The summed E-state index contributed by atoms with van der Waals surface area (Å²) in [6, 6.07) is 3.08. The van der Waals surface area contributed by atoms with Crippen molar-refractivity contribution in [3.05, 3.63) is 28.0 Å². The monoisotopic (exact) mass is 262 g/mol. The molecule has 1 rings (SSSR count). The molecule has 4 heteroatoms. The van der Waals surface area contributed by atoms with Gasteiger partial charge in [0.05, 0.1) is 13.2 Å². The summed E-state index contributed by atoms with van der Waals surface area (Å²) in [5.41, 5.74) is 0.661. The number of benzene rings is 1. The summed E-state index contributed by atoms with van der Waals surface area (Å²) in [6.45, 7) is 1.65. The fraction of sp³-hybridized carbons (Fsp3) is 0.400. The number of hydrogen-bond acceptors (Lipinski definition) is 2. The molecule has 0 aromatic heterocycles. The Bertz CT molecular complexity index is 326. The average molecular weight is 263 g/mol. The molecule has 0 amide bonds. The summed E-state index contributed by atoms with van der Waals surface area (Å²) in [5.74, 6) is -0.216. The van der Waals surface area contributed by atoms with Crippen LogP contribution >= 0.6 is 15.9 Å². The zero-order valence-electron chi connectivity index (χ0n) is 8.05. The van der Waals surface area contributed by atoms with Crippen molar-refractivity contribution in [2.75, 3.05) is 7.11 Å². The summed E-state index contributed by atoms with van der Waals surface area (Å²) < 4.78 is 18.9. The number of aliphatic hydroxyl groups is 1. The molecule has 0 fully saturated rings. The van der Waals surface area contributed by atoms with E-state index in [1.165, 1.54) is 13.2 Å². The Kier molecular flexibility index (Phi) is 3.89. The van der Waals surface area contributed by atoms with Crippen LogP contribution in [0.5, 0.6) is 5.75 Å². The van der Waals surface area contributed by atoms with Gasteiger partial charge in [0.1, 0.15) is 0 Å². The van der Waals surface area contributed by atoms with Gasteiger partial charge in [-0.2, -0.15) is 0 Å². The van der Waals surface area contributed by atoms with Gasteiger partial charge in [-0.25, -0.2) is 4.39 Å². The van der Waals surface area contributed by atoms with Crippen molar-refractivity contribution < 1.29 is 14.2 Å². The Balaban J connectivity index is 3.11. The number of hydrogen-bond donors (Lipinski definition) is 1. The highest BCUT2D eigenvalue weighted by molar-refractivity contribution is 9.10. The van der Waals surface area contributed by atoms with Gasteiger partial charge in [0.15, 0.2) is 11.6 Å². The molecule has 14 heavy (non-hydrogen) atoms. The van der Waals surface area contributed by atoms with Crippen molar-refractivity contribution in [1.82, 2.24) is 0 Å². The molecule has 1 aromatic carbocycles. The molecule has 0 unspecified atom stereocenters. The van der Waals surface area contributed by atoms with Crippen molar-refractivity contribution in [3.63, 3.8) is 0 Å². The minimum absolute atomic E-state index is 0.203. The van der Waals surface area contributed by atoms with Gasteiger partial charge in [-0.3, -0.25) is 0 Å². The van der Waals surface area contributed by atoms with Crippen molar-refractivity contribution in [2.45, 2.75) is 19.4 Å². The average Bonchev–Trinajstić information content (AvgIpc) is 2.01. The van der Waals surface area contributed by atoms with E-state index >= 15 is 0 Å². The molecule has 2 nitrogen and oxygen atoms in total. The molecule has 0 bridgehead atoms. The molecule has 0 heterocycles. The lowest BCUT2D eigenvalue weighted by molar-refractivity contribution is 0.194. The lowest BCUT2D eigenvalue weighted by Gasteiger charge is -2.11. The van der Waals surface area contributed by atoms with Gasteiger partial charge in [0.25, 0.3) is 0 Å². The second-order valence-corrected chi connectivity index (χ2v) is 4.05. The second-order valence-electron chi connectivity index (χ2n) is 3.13. The van der Waals surface area contributed by atoms with Crippen LogP contribution in [-0.2, 0) is 6.42 Å². The molecular weight excluding hydrogens is 251 g/mol. The van der Waals surface area contributed by atoms with Gasteiger partial charge in [-0.1, -0.05) is 15.9 Å². The molecule has 0 aliphatic rings. The minimum atomic E-state index is -0.516. The Morgan fingerprint density at radius 2 is 2.21 bits per heavy atom. The summed E-state index contributed by atoms with van der Waals surface area (Å²) in [5, 5.41) is 9.21. The van der Waals surface area contributed by atoms with Crippen LogP contribution in [0.15, 0.2) is 16.6 Å². The molecule has 0 spiro atoms. The molecule has 0 aliphatic carbocycles. The van der Waals surface area contributed by atoms with Crippen LogP contribution in [0.4, 0.5) is 4.39 Å². The van der Waals surface area contributed by atoms with Crippen LogP contribution in [0, 0.1) is 5.82 Å². The van der Waals surface area contributed by atoms with Crippen LogP contribution in [0.1, 0.15) is 12.5 Å². The van der Waals surface area contributed by atoms with E-state index in [0.29, 0.717) is 16.5 Å². The lowest BCUT2D eigenvalue weighted by atomic mass is 10.1. The zero-order valence-corrected chi connectivity index (χ0v) is 9.64. The Labute approximate surface area is 90.8 Å². The molecule has 0 radical (unpaired) electrons. The van der Waals surface area contributed by atoms with Crippen molar-refractivity contribution in [3.8, 4) is 5.75 Å². The van der Waals surface area contributed by atoms with E-state index in [4.69, 9.17) is 4.74 Å². The smallest absolute Gasteiger partial charge is 0.166 e. The Morgan fingerprint density at radius 1 is 1.57 bits per heavy atom. The van der Waals surface area contributed by atoms with E-state index in [9.17, 15) is 9.50 Å². The highest BCUT2D eigenvalue weighted by Gasteiger charge is 2.12. The topological polar surface area (TPSA) is 29.5 Å². The van der Waals surface area contributed by atoms with E-state index in [-0.39, 0.29) is 5.75 Å². The predicted molar refractivity (Wildman–Crippen MR) is 56.0 cm³/mol. The van der Waals surface area contributed by atoms with Crippen molar-refractivity contribution in [2.24, 2.45) is 0 Å². The SMILES string of the molecule is COc1c(F)cc(Br)cc1C[C@H](C)O. The molecular formula is C10H12BrFO2. The maximum absolute atomic E-state index is 13.3. The van der Waals surface area contributed by atoms with Gasteiger partial charge in [-0.15, -0.1) is 0 Å². The largest absolute Gasteiger partial charge is 0.493 e. The third kappa shape index (κ3) is 2.69. The Hall–Kier alpha value is -0.610. The number of ether oxygens (including phenoxy) is 1. The molecule has 1 N–H and O–H groups in total. The van der Waals surface area contributed by atoms with Crippen molar-refractivity contribution in [1.29, 1.82) is 0 Å². The first-order valence-electron chi connectivity index (χ1n) is 4.24. The molecule has 0 aliphatic heterocycles. The summed E-state index contributed by atoms with van der Waals surface area (Å²) in [6.07, 6.45) is -0.142. The molecule has 1 atom stereocenters. The van der Waals surface area contributed by atoms with E-state index in [1.807, 2.05) is 0 Å². The fourth-order valence-corrected chi connectivity index (χ4v) is 1.79. The number of methoxy groups -OCH3 is 1. The second kappa shape index (κ2) is 4.75. The summed E-state index contributed by atoms with van der Waals surface area (Å²) >= 11 is 3.19. The summed E-state index contributed by atoms with van der Waals surface area (Å²) in [7, 11) is 1.41. The normalized spacial score (nSPS) is 12.6. The Morgan fingerprint density at radius 3 is 2.71 bits per heavy atom. The van der Waals surface area contributed by atoms with Gasteiger partial charge < -0.3 is 9.84 Å². The maximum Gasteiger partial charge on any atom is 0.166 e. The maximum atomic E-state index is 13.3. The van der Waals surface area contributed by atoms with Crippen LogP contribution in [0.3, 0.4) is 0 Å². The molecule has 0 saturated carbocycles. The van der Waals surface area contributed by atoms with Gasteiger partial charge >= 0.3 is 0 Å². The van der Waals surface area contributed by atoms with Crippen LogP contribution < -0.4 is 4.74 Å². The van der Waals surface area contributed by atoms with Crippen LogP contribution in [0.2, 0.25) is 0 Å². The number of aliphatic hydroxyl groups excluding tert-OH is 1. The third-order valence-electron chi connectivity index (χ3n) is 1.80. The van der Waals surface area contributed by atoms with Crippen LogP contribution in [-0.4, -0.2) is 18.3 Å². The highest BCUT2D eigenvalue weighted by atomic mass is 79.9. The van der Waals surface area contributed by atoms with Gasteiger partial charge in [0.2, 0.25) is 0 Å². The molecule has 1 aromatic rings. The molecule has 78 valence electrons. The highest BCUT2D eigenvalue weighted by Crippen LogP contribution is 2.27. The van der Waals surface area contributed by atoms with Gasteiger partial charge in [-0.05, 0) is 19.1 Å². The van der Waals surface area contributed by atoms with Crippen LogP contribution in [0.25, 0.3) is 0 Å². The van der Waals surface area contributed by atoms with E-state index < -0.39 is 11.9 Å². The van der Waals surface area contributed by atoms with E-state index in [2.05, 4.69) is 15.9 Å². The van der Waals surface area contributed by atoms with E-state index in [1.54, 1.807) is 13.0 Å².